The van der Waals surface area contributed by atoms with Crippen molar-refractivity contribution in [2.24, 2.45) is 0 Å². The van der Waals surface area contributed by atoms with Crippen LogP contribution in [0.5, 0.6) is 11.8 Å². The van der Waals surface area contributed by atoms with Crippen molar-refractivity contribution in [1.29, 1.82) is 0 Å². The Kier molecular flexibility index (Phi) is 8.26. The molecule has 0 saturated heterocycles. The summed E-state index contributed by atoms with van der Waals surface area (Å²) >= 11 is 12.3. The number of imidazole rings is 1. The van der Waals surface area contributed by atoms with Crippen LogP contribution < -0.4 is 15.0 Å². The van der Waals surface area contributed by atoms with E-state index in [0.717, 1.165) is 4.90 Å². The number of aldehydes is 1. The normalized spacial score (nSPS) is 10.7. The second-order valence-corrected chi connectivity index (χ2v) is 7.74. The number of hydrogen-bond donors (Lipinski definition) is 2. The van der Waals surface area contributed by atoms with Crippen LogP contribution in [0.25, 0.3) is 0 Å². The first-order chi connectivity index (χ1) is 15.8. The quantitative estimate of drug-likeness (QED) is 0.337. The lowest BCUT2D eigenvalue weighted by Crippen LogP contribution is -2.38. The molecule has 0 fully saturated rings. The molecule has 0 bridgehead atoms. The van der Waals surface area contributed by atoms with E-state index in [4.69, 9.17) is 33.0 Å². The van der Waals surface area contributed by atoms with E-state index >= 15 is 0 Å². The lowest BCUT2D eigenvalue weighted by atomic mass is 10.2. The number of hydrogen-bond acceptors (Lipinski definition) is 5. The van der Waals surface area contributed by atoms with Gasteiger partial charge in [0.05, 0.1) is 11.6 Å². The van der Waals surface area contributed by atoms with E-state index < -0.39 is 11.8 Å². The van der Waals surface area contributed by atoms with Gasteiger partial charge in [-0.05, 0) is 36.2 Å². The third kappa shape index (κ3) is 5.81. The van der Waals surface area contributed by atoms with Crippen molar-refractivity contribution in [2.75, 3.05) is 25.1 Å². The summed E-state index contributed by atoms with van der Waals surface area (Å²) < 4.78 is 20.7. The molecule has 2 aromatic carbocycles. The Hall–Kier alpha value is -3.14. The number of nitrogens with one attached hydrogen (secondary N) is 1. The van der Waals surface area contributed by atoms with Gasteiger partial charge >= 0.3 is 12.0 Å². The van der Waals surface area contributed by atoms with Crippen LogP contribution in [0.2, 0.25) is 10.0 Å². The SMILES string of the molecule is CN(C(=O)NCCCO)c1nc(Oc2cccc(Cl)c2Cl)n(Cc2ccc(F)cc2)c1C=O. The number of aromatic nitrogens is 2. The van der Waals surface area contributed by atoms with Crippen LogP contribution in [0.1, 0.15) is 22.5 Å². The third-order valence-electron chi connectivity index (χ3n) is 4.67. The monoisotopic (exact) mass is 494 g/mol. The molecule has 0 saturated carbocycles. The Morgan fingerprint density at radius 1 is 1.27 bits per heavy atom. The lowest BCUT2D eigenvalue weighted by Gasteiger charge is -2.16. The second-order valence-electron chi connectivity index (χ2n) is 6.96. The van der Waals surface area contributed by atoms with Gasteiger partial charge < -0.3 is 15.2 Å². The van der Waals surface area contributed by atoms with Crippen LogP contribution in [0.4, 0.5) is 15.0 Å². The predicted octanol–water partition coefficient (Wildman–Crippen LogP) is 4.51. The highest BCUT2D eigenvalue weighted by molar-refractivity contribution is 6.42. The van der Waals surface area contributed by atoms with Gasteiger partial charge in [0.2, 0.25) is 0 Å². The standard InChI is InChI=1S/C22H21Cl2FN4O4/c1-28(21(32)26-10-3-11-30)20-17(13-31)29(12-14-6-8-15(25)9-7-14)22(27-20)33-18-5-2-4-16(23)19(18)24/h2,4-9,13,30H,3,10-12H2,1H3,(H,26,32). The van der Waals surface area contributed by atoms with E-state index in [-0.39, 0.29) is 53.0 Å². The van der Waals surface area contributed by atoms with Gasteiger partial charge in [-0.1, -0.05) is 41.4 Å². The van der Waals surface area contributed by atoms with Gasteiger partial charge in [0.15, 0.2) is 17.9 Å². The van der Waals surface area contributed by atoms with E-state index in [9.17, 15) is 14.0 Å². The average molecular weight is 495 g/mol. The molecule has 11 heteroatoms. The Morgan fingerprint density at radius 2 is 2.00 bits per heavy atom. The fourth-order valence-corrected chi connectivity index (χ4v) is 3.28. The summed E-state index contributed by atoms with van der Waals surface area (Å²) in [5, 5.41) is 12.0. The smallest absolute Gasteiger partial charge is 0.322 e. The Bertz CT molecular complexity index is 1140. The maximum atomic E-state index is 13.4. The number of nitrogens with zero attached hydrogens (tertiary/aromatic N) is 3. The summed E-state index contributed by atoms with van der Waals surface area (Å²) in [5.74, 6) is -0.155. The molecule has 0 unspecified atom stereocenters. The number of urea groups is 1. The molecule has 0 radical (unpaired) electrons. The molecule has 0 aliphatic carbocycles. The molecule has 1 aromatic heterocycles. The number of carbonyl (C=O) groups is 2. The van der Waals surface area contributed by atoms with Crippen molar-refractivity contribution in [3.8, 4) is 11.8 Å². The van der Waals surface area contributed by atoms with E-state index in [1.165, 1.54) is 23.7 Å². The first kappa shape index (κ1) is 24.5. The molecule has 2 N–H and O–H groups in total. The molecular formula is C22H21Cl2FN4O4. The van der Waals surface area contributed by atoms with Crippen LogP contribution in [-0.4, -0.2) is 47.2 Å². The Morgan fingerprint density at radius 3 is 2.67 bits per heavy atom. The number of benzene rings is 2. The summed E-state index contributed by atoms with van der Waals surface area (Å²) in [7, 11) is 1.45. The summed E-state index contributed by atoms with van der Waals surface area (Å²) in [4.78, 5) is 30.1. The van der Waals surface area contributed by atoms with Gasteiger partial charge in [-0.25, -0.2) is 9.18 Å². The van der Waals surface area contributed by atoms with E-state index in [0.29, 0.717) is 18.3 Å². The van der Waals surface area contributed by atoms with Crippen molar-refractivity contribution >= 4 is 41.3 Å². The van der Waals surface area contributed by atoms with Crippen molar-refractivity contribution in [2.45, 2.75) is 13.0 Å². The minimum Gasteiger partial charge on any atom is -0.424 e. The zero-order valence-electron chi connectivity index (χ0n) is 17.6. The predicted molar refractivity (Wildman–Crippen MR) is 123 cm³/mol. The molecule has 2 amide bonds. The van der Waals surface area contributed by atoms with Gasteiger partial charge in [0.25, 0.3) is 0 Å². The maximum Gasteiger partial charge on any atom is 0.322 e. The molecule has 0 aliphatic rings. The van der Waals surface area contributed by atoms with Gasteiger partial charge in [0.1, 0.15) is 16.5 Å². The summed E-state index contributed by atoms with van der Waals surface area (Å²) in [6.45, 7) is 0.275. The number of ether oxygens (including phenoxy) is 1. The van der Waals surface area contributed by atoms with E-state index in [1.54, 1.807) is 30.3 Å². The van der Waals surface area contributed by atoms with Crippen molar-refractivity contribution < 1.29 is 23.8 Å². The summed E-state index contributed by atoms with van der Waals surface area (Å²) in [6.07, 6.45) is 0.927. The van der Waals surface area contributed by atoms with Gasteiger partial charge in [-0.15, -0.1) is 0 Å². The number of aliphatic hydroxyl groups excluding tert-OH is 1. The van der Waals surface area contributed by atoms with Gasteiger partial charge in [0, 0.05) is 20.2 Å². The van der Waals surface area contributed by atoms with E-state index in [2.05, 4.69) is 10.3 Å². The van der Waals surface area contributed by atoms with Crippen LogP contribution in [0.15, 0.2) is 42.5 Å². The highest BCUT2D eigenvalue weighted by Gasteiger charge is 2.25. The summed E-state index contributed by atoms with van der Waals surface area (Å²) in [5.41, 5.74) is 0.729. The molecule has 0 spiro atoms. The van der Waals surface area contributed by atoms with Gasteiger partial charge in [-0.3, -0.25) is 14.3 Å². The lowest BCUT2D eigenvalue weighted by molar-refractivity contribution is 0.111. The Labute approximate surface area is 199 Å². The summed E-state index contributed by atoms with van der Waals surface area (Å²) in [6, 6.07) is 9.98. The average Bonchev–Trinajstić information content (AvgIpc) is 3.14. The minimum atomic E-state index is -0.523. The second kappa shape index (κ2) is 11.1. The highest BCUT2D eigenvalue weighted by atomic mass is 35.5. The minimum absolute atomic E-state index is 0.0180. The third-order valence-corrected chi connectivity index (χ3v) is 5.47. The Balaban J connectivity index is 2.03. The fourth-order valence-electron chi connectivity index (χ4n) is 2.95. The van der Waals surface area contributed by atoms with Crippen LogP contribution >= 0.6 is 23.2 Å². The number of aliphatic hydroxyl groups is 1. The number of anilines is 1. The molecule has 174 valence electrons. The van der Waals surface area contributed by atoms with Gasteiger partial charge in [-0.2, -0.15) is 4.98 Å². The molecular weight excluding hydrogens is 474 g/mol. The largest absolute Gasteiger partial charge is 0.424 e. The highest BCUT2D eigenvalue weighted by Crippen LogP contribution is 2.36. The van der Waals surface area contributed by atoms with Crippen LogP contribution in [-0.2, 0) is 6.54 Å². The molecule has 0 aliphatic heterocycles. The van der Waals surface area contributed by atoms with Crippen molar-refractivity contribution in [3.05, 3.63) is 69.6 Å². The topological polar surface area (TPSA) is 96.7 Å². The first-order valence-electron chi connectivity index (χ1n) is 9.90. The molecule has 33 heavy (non-hydrogen) atoms. The first-order valence-corrected chi connectivity index (χ1v) is 10.7. The number of amides is 2. The van der Waals surface area contributed by atoms with E-state index in [1.807, 2.05) is 0 Å². The number of halogens is 3. The molecule has 8 nitrogen and oxygen atoms in total. The van der Waals surface area contributed by atoms with Crippen LogP contribution in [0, 0.1) is 5.82 Å². The number of carbonyl (C=O) groups excluding carboxylic acids is 2. The zero-order chi connectivity index (χ0) is 24.0. The molecule has 3 rings (SSSR count). The number of rotatable bonds is 9. The zero-order valence-corrected chi connectivity index (χ0v) is 19.1. The van der Waals surface area contributed by atoms with Crippen molar-refractivity contribution in [1.82, 2.24) is 14.9 Å². The fraction of sp³-hybridized carbons (Fsp3) is 0.227. The molecule has 0 atom stereocenters. The molecule has 1 heterocycles. The van der Waals surface area contributed by atoms with Crippen molar-refractivity contribution in [3.63, 3.8) is 0 Å². The molecule has 3 aromatic rings. The maximum absolute atomic E-state index is 13.4. The van der Waals surface area contributed by atoms with Crippen LogP contribution in [0.3, 0.4) is 0 Å².